The molecular weight excluding hydrogens is 190 g/mol. The first-order chi connectivity index (χ1) is 7.18. The first-order valence-corrected chi connectivity index (χ1v) is 4.62. The summed E-state index contributed by atoms with van der Waals surface area (Å²) < 4.78 is 1.61. The van der Waals surface area contributed by atoms with Gasteiger partial charge in [-0.05, 0) is 18.6 Å². The van der Waals surface area contributed by atoms with E-state index >= 15 is 0 Å². The molecule has 76 valence electrons. The van der Waals surface area contributed by atoms with Crippen LogP contribution in [0.2, 0.25) is 0 Å². The van der Waals surface area contributed by atoms with Crippen molar-refractivity contribution in [2.24, 2.45) is 7.05 Å². The number of rotatable bonds is 2. The maximum atomic E-state index is 12.0. The van der Waals surface area contributed by atoms with Crippen molar-refractivity contribution in [1.29, 1.82) is 0 Å². The van der Waals surface area contributed by atoms with Gasteiger partial charge in [0.2, 0.25) is 0 Å². The van der Waals surface area contributed by atoms with E-state index in [1.165, 1.54) is 0 Å². The van der Waals surface area contributed by atoms with Gasteiger partial charge in [-0.3, -0.25) is 14.5 Å². The van der Waals surface area contributed by atoms with E-state index in [1.54, 1.807) is 42.6 Å². The number of ketones is 1. The van der Waals surface area contributed by atoms with Crippen LogP contribution >= 0.6 is 0 Å². The summed E-state index contributed by atoms with van der Waals surface area (Å²) >= 11 is 0. The van der Waals surface area contributed by atoms with Crippen LogP contribution in [0.5, 0.6) is 0 Å². The number of carbonyl (C=O) groups excluding carboxylic acids is 1. The molecule has 0 radical (unpaired) electrons. The Hall–Kier alpha value is -1.97. The highest BCUT2D eigenvalue weighted by Gasteiger charge is 2.12. The number of carbonyl (C=O) groups is 1. The van der Waals surface area contributed by atoms with Crippen molar-refractivity contribution in [1.82, 2.24) is 14.8 Å². The molecule has 0 atom stereocenters. The predicted octanol–water partition coefficient (Wildman–Crippen LogP) is 1.35. The molecule has 0 saturated carbocycles. The normalized spacial score (nSPS) is 10.3. The van der Waals surface area contributed by atoms with Crippen LogP contribution in [0.1, 0.15) is 21.5 Å². The average molecular weight is 201 g/mol. The van der Waals surface area contributed by atoms with E-state index in [9.17, 15) is 4.79 Å². The molecule has 2 heterocycles. The highest BCUT2D eigenvalue weighted by atomic mass is 16.1. The van der Waals surface area contributed by atoms with E-state index in [0.717, 1.165) is 5.56 Å². The third-order valence-electron chi connectivity index (χ3n) is 2.23. The number of nitrogens with zero attached hydrogens (tertiary/aromatic N) is 3. The monoisotopic (exact) mass is 201 g/mol. The van der Waals surface area contributed by atoms with Gasteiger partial charge >= 0.3 is 0 Å². The Bertz CT molecular complexity index is 502. The lowest BCUT2D eigenvalue weighted by molar-refractivity contribution is 0.103. The zero-order valence-corrected chi connectivity index (χ0v) is 8.64. The molecule has 2 aromatic heterocycles. The Morgan fingerprint density at radius 1 is 1.40 bits per heavy atom. The summed E-state index contributed by atoms with van der Waals surface area (Å²) in [6.45, 7) is 1.87. The Labute approximate surface area is 87.6 Å². The van der Waals surface area contributed by atoms with Crippen LogP contribution in [0.4, 0.5) is 0 Å². The minimum atomic E-state index is -0.0111. The molecule has 0 spiro atoms. The van der Waals surface area contributed by atoms with Crippen LogP contribution in [0.3, 0.4) is 0 Å². The van der Waals surface area contributed by atoms with Gasteiger partial charge in [-0.1, -0.05) is 0 Å². The molecule has 0 aromatic carbocycles. The topological polar surface area (TPSA) is 47.8 Å². The molecule has 0 aliphatic heterocycles. The number of hydrogen-bond donors (Lipinski definition) is 0. The minimum Gasteiger partial charge on any atom is -0.288 e. The fourth-order valence-electron chi connectivity index (χ4n) is 1.42. The first kappa shape index (κ1) is 9.58. The van der Waals surface area contributed by atoms with Crippen molar-refractivity contribution in [3.63, 3.8) is 0 Å². The second-order valence-corrected chi connectivity index (χ2v) is 3.42. The van der Waals surface area contributed by atoms with Crippen LogP contribution < -0.4 is 0 Å². The Morgan fingerprint density at radius 2 is 2.20 bits per heavy atom. The minimum absolute atomic E-state index is 0.0111. The maximum absolute atomic E-state index is 12.0. The molecule has 0 N–H and O–H groups in total. The summed E-state index contributed by atoms with van der Waals surface area (Å²) in [5.41, 5.74) is 2.16. The maximum Gasteiger partial charge on any atom is 0.196 e. The van der Waals surface area contributed by atoms with Crippen LogP contribution in [0.15, 0.2) is 30.9 Å². The molecule has 2 aromatic rings. The van der Waals surface area contributed by atoms with Crippen molar-refractivity contribution in [3.05, 3.63) is 47.5 Å². The summed E-state index contributed by atoms with van der Waals surface area (Å²) in [5, 5.41) is 3.97. The molecule has 0 saturated heterocycles. The predicted molar refractivity (Wildman–Crippen MR) is 55.6 cm³/mol. The third-order valence-corrected chi connectivity index (χ3v) is 2.23. The van der Waals surface area contributed by atoms with Gasteiger partial charge < -0.3 is 0 Å². The van der Waals surface area contributed by atoms with Gasteiger partial charge in [0.1, 0.15) is 0 Å². The lowest BCUT2D eigenvalue weighted by Crippen LogP contribution is -2.02. The van der Waals surface area contributed by atoms with Gasteiger partial charge in [-0.25, -0.2) is 0 Å². The van der Waals surface area contributed by atoms with Gasteiger partial charge in [-0.2, -0.15) is 5.10 Å². The van der Waals surface area contributed by atoms with E-state index in [0.29, 0.717) is 11.1 Å². The fourth-order valence-corrected chi connectivity index (χ4v) is 1.42. The van der Waals surface area contributed by atoms with Crippen molar-refractivity contribution < 1.29 is 4.79 Å². The van der Waals surface area contributed by atoms with Crippen molar-refractivity contribution in [3.8, 4) is 0 Å². The molecule has 2 rings (SSSR count). The Morgan fingerprint density at radius 3 is 2.80 bits per heavy atom. The van der Waals surface area contributed by atoms with Gasteiger partial charge in [0.05, 0.1) is 11.8 Å². The first-order valence-electron chi connectivity index (χ1n) is 4.62. The SMILES string of the molecule is Cc1cnccc1C(=O)c1cnn(C)c1. The molecule has 4 heteroatoms. The second kappa shape index (κ2) is 3.65. The number of pyridine rings is 1. The summed E-state index contributed by atoms with van der Waals surface area (Å²) in [7, 11) is 1.79. The largest absolute Gasteiger partial charge is 0.288 e. The smallest absolute Gasteiger partial charge is 0.196 e. The third kappa shape index (κ3) is 1.79. The summed E-state index contributed by atoms with van der Waals surface area (Å²) in [5.74, 6) is -0.0111. The van der Waals surface area contributed by atoms with E-state index < -0.39 is 0 Å². The number of aromatic nitrogens is 3. The zero-order chi connectivity index (χ0) is 10.8. The van der Waals surface area contributed by atoms with E-state index in [-0.39, 0.29) is 5.78 Å². The molecule has 0 bridgehead atoms. The summed E-state index contributed by atoms with van der Waals surface area (Å²) in [4.78, 5) is 16.0. The van der Waals surface area contributed by atoms with E-state index in [2.05, 4.69) is 10.1 Å². The second-order valence-electron chi connectivity index (χ2n) is 3.42. The molecule has 0 aliphatic rings. The van der Waals surface area contributed by atoms with Crippen molar-refractivity contribution >= 4 is 5.78 Å². The Balaban J connectivity index is 2.41. The highest BCUT2D eigenvalue weighted by Crippen LogP contribution is 2.11. The van der Waals surface area contributed by atoms with Crippen LogP contribution in [-0.2, 0) is 7.05 Å². The van der Waals surface area contributed by atoms with Crippen LogP contribution in [-0.4, -0.2) is 20.5 Å². The summed E-state index contributed by atoms with van der Waals surface area (Å²) in [6, 6.07) is 1.73. The van der Waals surface area contributed by atoms with Crippen LogP contribution in [0, 0.1) is 6.92 Å². The molecule has 4 nitrogen and oxygen atoms in total. The quantitative estimate of drug-likeness (QED) is 0.689. The molecule has 0 unspecified atom stereocenters. The van der Waals surface area contributed by atoms with Gasteiger partial charge in [0.25, 0.3) is 0 Å². The molecular formula is C11H11N3O. The van der Waals surface area contributed by atoms with E-state index in [1.807, 2.05) is 6.92 Å². The van der Waals surface area contributed by atoms with Gasteiger partial charge in [0.15, 0.2) is 5.78 Å². The lowest BCUT2D eigenvalue weighted by Gasteiger charge is -2.00. The lowest BCUT2D eigenvalue weighted by atomic mass is 10.0. The number of hydrogen-bond acceptors (Lipinski definition) is 3. The average Bonchev–Trinajstić information content (AvgIpc) is 2.65. The molecule has 0 amide bonds. The van der Waals surface area contributed by atoms with Crippen LogP contribution in [0.25, 0.3) is 0 Å². The number of aryl methyl sites for hydroxylation is 2. The summed E-state index contributed by atoms with van der Waals surface area (Å²) in [6.07, 6.45) is 6.59. The molecule has 15 heavy (non-hydrogen) atoms. The molecule has 0 fully saturated rings. The standard InChI is InChI=1S/C11H11N3O/c1-8-5-12-4-3-10(8)11(15)9-6-13-14(2)7-9/h3-7H,1-2H3. The highest BCUT2D eigenvalue weighted by molar-refractivity contribution is 6.09. The van der Waals surface area contributed by atoms with E-state index in [4.69, 9.17) is 0 Å². The van der Waals surface area contributed by atoms with Gasteiger partial charge in [-0.15, -0.1) is 0 Å². The zero-order valence-electron chi connectivity index (χ0n) is 8.64. The fraction of sp³-hybridized carbons (Fsp3) is 0.182. The Kier molecular flexibility index (Phi) is 2.33. The van der Waals surface area contributed by atoms with Crippen molar-refractivity contribution in [2.75, 3.05) is 0 Å². The van der Waals surface area contributed by atoms with Gasteiger partial charge in [0, 0.05) is 31.2 Å². The molecule has 0 aliphatic carbocycles. The van der Waals surface area contributed by atoms with Crippen molar-refractivity contribution in [2.45, 2.75) is 6.92 Å².